The van der Waals surface area contributed by atoms with Gasteiger partial charge >= 0.3 is 0 Å². The Morgan fingerprint density at radius 1 is 1.26 bits per heavy atom. The van der Waals surface area contributed by atoms with E-state index >= 15 is 0 Å². The van der Waals surface area contributed by atoms with Crippen LogP contribution in [0.1, 0.15) is 6.92 Å². The van der Waals surface area contributed by atoms with Crippen LogP contribution in [0.2, 0.25) is 0 Å². The maximum atomic E-state index is 11.1. The van der Waals surface area contributed by atoms with Crippen molar-refractivity contribution >= 4 is 0 Å². The highest BCUT2D eigenvalue weighted by atomic mass is 16.5. The lowest BCUT2D eigenvalue weighted by Gasteiger charge is -2.14. The summed E-state index contributed by atoms with van der Waals surface area (Å²) in [7, 11) is 1.60. The number of hydrogen-bond acceptors (Lipinski definition) is 4. The van der Waals surface area contributed by atoms with Gasteiger partial charge in [-0.2, -0.15) is 0 Å². The number of rotatable bonds is 5. The van der Waals surface area contributed by atoms with Crippen molar-refractivity contribution in [2.24, 2.45) is 0 Å². The van der Waals surface area contributed by atoms with E-state index in [9.17, 15) is 9.90 Å². The van der Waals surface area contributed by atoms with Crippen molar-refractivity contribution in [1.29, 1.82) is 0 Å². The van der Waals surface area contributed by atoms with Gasteiger partial charge in [-0.25, -0.2) is 0 Å². The highest BCUT2D eigenvalue weighted by Crippen LogP contribution is 2.28. The third-order valence-corrected chi connectivity index (χ3v) is 2.54. The van der Waals surface area contributed by atoms with Gasteiger partial charge in [0.05, 0.1) is 12.3 Å². The van der Waals surface area contributed by atoms with E-state index in [-0.39, 0.29) is 17.4 Å². The predicted octanol–water partition coefficient (Wildman–Crippen LogP) is 1.49. The number of phenols is 1. The van der Waals surface area contributed by atoms with Crippen molar-refractivity contribution in [3.05, 3.63) is 34.6 Å². The Bertz CT molecular complexity index is 603. The van der Waals surface area contributed by atoms with E-state index in [0.717, 1.165) is 0 Å². The summed E-state index contributed by atoms with van der Waals surface area (Å²) in [5.74, 6) is 0.584. The zero-order valence-corrected chi connectivity index (χ0v) is 10.8. The molecular weight excluding hydrogens is 248 g/mol. The van der Waals surface area contributed by atoms with Crippen LogP contribution < -0.4 is 10.3 Å². The summed E-state index contributed by atoms with van der Waals surface area (Å²) in [6.45, 7) is 2.32. The van der Waals surface area contributed by atoms with E-state index in [1.807, 2.05) is 6.92 Å². The van der Waals surface area contributed by atoms with Gasteiger partial charge in [-0.15, -0.1) is 0 Å². The van der Waals surface area contributed by atoms with Crippen molar-refractivity contribution < 1.29 is 14.6 Å². The van der Waals surface area contributed by atoms with Gasteiger partial charge in [-0.1, -0.05) is 0 Å². The number of nitrogens with one attached hydrogen (secondary N) is 2. The molecule has 0 spiro atoms. The molecule has 0 fully saturated rings. The van der Waals surface area contributed by atoms with Crippen molar-refractivity contribution in [2.75, 3.05) is 13.7 Å². The Balaban J connectivity index is 2.27. The lowest BCUT2D eigenvalue weighted by molar-refractivity contribution is 0.0919. The average molecular weight is 264 g/mol. The fraction of sp³-hybridized carbons (Fsp3) is 0.308. The van der Waals surface area contributed by atoms with Gasteiger partial charge in [0.1, 0.15) is 17.6 Å². The Kier molecular flexibility index (Phi) is 3.91. The van der Waals surface area contributed by atoms with Crippen LogP contribution in [0.5, 0.6) is 11.5 Å². The van der Waals surface area contributed by atoms with E-state index in [4.69, 9.17) is 9.47 Å². The van der Waals surface area contributed by atoms with Gasteiger partial charge in [0, 0.05) is 24.8 Å². The van der Waals surface area contributed by atoms with Gasteiger partial charge in [-0.3, -0.25) is 15.0 Å². The molecular formula is C13H16N2O4. The van der Waals surface area contributed by atoms with Crippen LogP contribution in [-0.2, 0) is 4.74 Å². The summed E-state index contributed by atoms with van der Waals surface area (Å²) in [5, 5.41) is 14.9. The highest BCUT2D eigenvalue weighted by molar-refractivity contribution is 5.63. The lowest BCUT2D eigenvalue weighted by atomic mass is 10.1. The topological polar surface area (TPSA) is 87.3 Å². The molecule has 0 aliphatic carbocycles. The number of ether oxygens (including phenoxy) is 2. The summed E-state index contributed by atoms with van der Waals surface area (Å²) in [4.78, 5) is 11.1. The molecule has 102 valence electrons. The summed E-state index contributed by atoms with van der Waals surface area (Å²) < 4.78 is 10.6. The van der Waals surface area contributed by atoms with Crippen LogP contribution in [0, 0.1) is 0 Å². The Morgan fingerprint density at radius 3 is 2.68 bits per heavy atom. The first-order chi connectivity index (χ1) is 9.08. The van der Waals surface area contributed by atoms with Crippen LogP contribution in [0.25, 0.3) is 11.3 Å². The van der Waals surface area contributed by atoms with Gasteiger partial charge < -0.3 is 14.6 Å². The van der Waals surface area contributed by atoms with Crippen LogP contribution in [0.15, 0.2) is 29.1 Å². The monoisotopic (exact) mass is 264 g/mol. The smallest absolute Gasteiger partial charge is 0.264 e. The maximum absolute atomic E-state index is 11.1. The molecule has 0 aliphatic rings. The highest BCUT2D eigenvalue weighted by Gasteiger charge is 2.08. The van der Waals surface area contributed by atoms with Crippen molar-refractivity contribution in [3.63, 3.8) is 0 Å². The van der Waals surface area contributed by atoms with E-state index in [0.29, 0.717) is 23.6 Å². The normalized spacial score (nSPS) is 12.3. The van der Waals surface area contributed by atoms with Crippen LogP contribution in [-0.4, -0.2) is 35.1 Å². The molecule has 6 nitrogen and oxygen atoms in total. The molecule has 1 aromatic carbocycles. The first-order valence-electron chi connectivity index (χ1n) is 5.86. The van der Waals surface area contributed by atoms with Crippen LogP contribution in [0.3, 0.4) is 0 Å². The fourth-order valence-corrected chi connectivity index (χ4v) is 1.80. The van der Waals surface area contributed by atoms with Crippen LogP contribution in [0.4, 0.5) is 0 Å². The molecule has 19 heavy (non-hydrogen) atoms. The van der Waals surface area contributed by atoms with Crippen molar-refractivity contribution in [2.45, 2.75) is 13.0 Å². The third-order valence-electron chi connectivity index (χ3n) is 2.54. The summed E-state index contributed by atoms with van der Waals surface area (Å²) >= 11 is 0. The molecule has 6 heteroatoms. The Hall–Kier alpha value is -2.21. The van der Waals surface area contributed by atoms with E-state index in [1.54, 1.807) is 19.2 Å². The van der Waals surface area contributed by atoms with Gasteiger partial charge in [0.25, 0.3) is 5.56 Å². The van der Waals surface area contributed by atoms with E-state index in [2.05, 4.69) is 10.2 Å². The molecule has 0 bridgehead atoms. The molecule has 1 unspecified atom stereocenters. The minimum atomic E-state index is -0.228. The first-order valence-corrected chi connectivity index (χ1v) is 5.86. The minimum Gasteiger partial charge on any atom is -0.508 e. The summed E-state index contributed by atoms with van der Waals surface area (Å²) in [6.07, 6.45) is -0.134. The molecule has 3 N–H and O–H groups in total. The van der Waals surface area contributed by atoms with Crippen molar-refractivity contribution in [3.8, 4) is 22.8 Å². The zero-order chi connectivity index (χ0) is 13.8. The molecule has 1 aromatic heterocycles. The number of aromatic hydroxyl groups is 1. The molecule has 0 aliphatic heterocycles. The summed E-state index contributed by atoms with van der Waals surface area (Å²) in [6, 6.07) is 6.22. The lowest BCUT2D eigenvalue weighted by Crippen LogP contribution is -2.17. The molecule has 2 aromatic rings. The van der Waals surface area contributed by atoms with Crippen molar-refractivity contribution in [1.82, 2.24) is 10.2 Å². The molecule has 1 heterocycles. The van der Waals surface area contributed by atoms with Gasteiger partial charge in [0.15, 0.2) is 0 Å². The Labute approximate surface area is 110 Å². The van der Waals surface area contributed by atoms with Gasteiger partial charge in [0.2, 0.25) is 0 Å². The number of methoxy groups -OCH3 is 1. The molecule has 0 saturated heterocycles. The quantitative estimate of drug-likeness (QED) is 0.763. The Morgan fingerprint density at radius 2 is 2.05 bits per heavy atom. The first kappa shape index (κ1) is 13.2. The molecule has 0 amide bonds. The van der Waals surface area contributed by atoms with E-state index < -0.39 is 0 Å². The number of phenolic OH excluding ortho intramolecular Hbond substituents is 1. The maximum Gasteiger partial charge on any atom is 0.264 e. The third kappa shape index (κ3) is 3.38. The second-order valence-corrected chi connectivity index (χ2v) is 4.27. The second kappa shape index (κ2) is 5.62. The standard InChI is InChI=1S/C13H16N2O4/c1-8(7-18-2)19-11-4-9(3-10(16)5-11)12-6-13(17)15-14-12/h3-6,8,16H,7H2,1-2H3,(H2,14,15,17). The molecule has 1 atom stereocenters. The molecule has 2 rings (SSSR count). The number of aromatic nitrogens is 2. The molecule has 0 radical (unpaired) electrons. The SMILES string of the molecule is COCC(C)Oc1cc(O)cc(-c2cc(=O)[nH][nH]2)c1. The van der Waals surface area contributed by atoms with E-state index in [1.165, 1.54) is 12.1 Å². The number of benzene rings is 1. The second-order valence-electron chi connectivity index (χ2n) is 4.27. The minimum absolute atomic E-state index is 0.0687. The number of hydrogen-bond donors (Lipinski definition) is 3. The summed E-state index contributed by atoms with van der Waals surface area (Å²) in [5.41, 5.74) is 1.02. The van der Waals surface area contributed by atoms with Crippen LogP contribution >= 0.6 is 0 Å². The zero-order valence-electron chi connectivity index (χ0n) is 10.8. The average Bonchev–Trinajstić information content (AvgIpc) is 2.75. The number of H-pyrrole nitrogens is 2. The van der Waals surface area contributed by atoms with Gasteiger partial charge in [-0.05, 0) is 19.1 Å². The number of aromatic amines is 2. The largest absolute Gasteiger partial charge is 0.508 e. The predicted molar refractivity (Wildman–Crippen MR) is 70.5 cm³/mol. The molecule has 0 saturated carbocycles. The fourth-order valence-electron chi connectivity index (χ4n) is 1.80.